The van der Waals surface area contributed by atoms with Gasteiger partial charge in [-0.1, -0.05) is 43.9 Å². The number of aromatic nitrogens is 3. The average Bonchev–Trinajstić information content (AvgIpc) is 3.12. The van der Waals surface area contributed by atoms with Crippen molar-refractivity contribution in [3.8, 4) is 11.4 Å². The van der Waals surface area contributed by atoms with Crippen molar-refractivity contribution in [1.29, 1.82) is 0 Å². The minimum atomic E-state index is 0.365. The van der Waals surface area contributed by atoms with Gasteiger partial charge < -0.3 is 9.84 Å². The summed E-state index contributed by atoms with van der Waals surface area (Å²) >= 11 is 6.72. The van der Waals surface area contributed by atoms with E-state index in [-0.39, 0.29) is 0 Å². The molecule has 0 bridgehead atoms. The molecule has 2 aromatic rings. The van der Waals surface area contributed by atoms with Gasteiger partial charge in [-0.3, -0.25) is 9.58 Å². The normalized spacial score (nSPS) is 18.9. The molecule has 162 valence electrons. The quantitative estimate of drug-likeness (QED) is 0.688. The van der Waals surface area contributed by atoms with Gasteiger partial charge in [-0.05, 0) is 51.6 Å². The van der Waals surface area contributed by atoms with Crippen molar-refractivity contribution in [2.75, 3.05) is 19.6 Å². The fraction of sp³-hybridized carbons (Fsp3) is 0.727. The van der Waals surface area contributed by atoms with Crippen LogP contribution in [0.2, 0.25) is 5.15 Å². The van der Waals surface area contributed by atoms with Crippen LogP contribution in [0.5, 0.6) is 0 Å². The second-order valence-electron chi connectivity index (χ2n) is 9.45. The summed E-state index contributed by atoms with van der Waals surface area (Å²) in [5, 5.41) is 13.4. The first-order chi connectivity index (χ1) is 13.8. The molecule has 3 rings (SSSR count). The van der Waals surface area contributed by atoms with E-state index in [2.05, 4.69) is 43.1 Å². The van der Waals surface area contributed by atoms with Crippen LogP contribution in [-0.4, -0.2) is 45.5 Å². The molecule has 0 radical (unpaired) electrons. The standard InChI is InChI=1S/C22H36ClN5O/c1-6-28-21(23)18(20(25-28)19-13-16(2)29-26-19)15-27-12-8-7-9-17(14-27)24-11-10-22(3,4)5/h13,17,24H,6-12,14-15H2,1-5H3. The van der Waals surface area contributed by atoms with Crippen LogP contribution in [0.15, 0.2) is 10.6 Å². The molecule has 6 nitrogen and oxygen atoms in total. The molecular weight excluding hydrogens is 386 g/mol. The van der Waals surface area contributed by atoms with Crippen molar-refractivity contribution < 1.29 is 4.52 Å². The fourth-order valence-corrected chi connectivity index (χ4v) is 4.22. The van der Waals surface area contributed by atoms with E-state index in [0.29, 0.717) is 16.6 Å². The van der Waals surface area contributed by atoms with Crippen LogP contribution in [0.1, 0.15) is 64.7 Å². The van der Waals surface area contributed by atoms with E-state index >= 15 is 0 Å². The first kappa shape index (κ1) is 22.3. The molecule has 2 aromatic heterocycles. The third-order valence-electron chi connectivity index (χ3n) is 5.60. The van der Waals surface area contributed by atoms with Crippen molar-refractivity contribution in [2.45, 2.75) is 79.4 Å². The highest BCUT2D eigenvalue weighted by atomic mass is 35.5. The maximum Gasteiger partial charge on any atom is 0.134 e. The van der Waals surface area contributed by atoms with E-state index in [0.717, 1.165) is 55.4 Å². The number of aryl methyl sites for hydroxylation is 2. The molecule has 0 aromatic carbocycles. The van der Waals surface area contributed by atoms with Gasteiger partial charge in [-0.15, -0.1) is 0 Å². The number of nitrogens with one attached hydrogen (secondary N) is 1. The lowest BCUT2D eigenvalue weighted by atomic mass is 9.92. The van der Waals surface area contributed by atoms with Gasteiger partial charge in [-0.2, -0.15) is 5.10 Å². The molecule has 3 heterocycles. The predicted molar refractivity (Wildman–Crippen MR) is 118 cm³/mol. The van der Waals surface area contributed by atoms with Gasteiger partial charge in [0, 0.05) is 37.3 Å². The lowest BCUT2D eigenvalue weighted by Gasteiger charge is -2.26. The molecule has 29 heavy (non-hydrogen) atoms. The molecular formula is C22H36ClN5O. The number of rotatable bonds is 7. The van der Waals surface area contributed by atoms with E-state index in [1.165, 1.54) is 25.7 Å². The number of hydrogen-bond donors (Lipinski definition) is 1. The summed E-state index contributed by atoms with van der Waals surface area (Å²) in [7, 11) is 0. The predicted octanol–water partition coefficient (Wildman–Crippen LogP) is 4.90. The van der Waals surface area contributed by atoms with Crippen molar-refractivity contribution in [2.24, 2.45) is 5.41 Å². The van der Waals surface area contributed by atoms with E-state index in [9.17, 15) is 0 Å². The Balaban J connectivity index is 1.73. The van der Waals surface area contributed by atoms with Gasteiger partial charge in [-0.25, -0.2) is 0 Å². The Hall–Kier alpha value is -1.37. The van der Waals surface area contributed by atoms with Crippen LogP contribution >= 0.6 is 11.6 Å². The van der Waals surface area contributed by atoms with Crippen molar-refractivity contribution in [3.05, 3.63) is 22.5 Å². The molecule has 7 heteroatoms. The summed E-state index contributed by atoms with van der Waals surface area (Å²) in [6.07, 6.45) is 4.91. The maximum absolute atomic E-state index is 6.72. The number of hydrogen-bond acceptors (Lipinski definition) is 5. The summed E-state index contributed by atoms with van der Waals surface area (Å²) in [4.78, 5) is 2.51. The van der Waals surface area contributed by atoms with Gasteiger partial charge >= 0.3 is 0 Å². The van der Waals surface area contributed by atoms with Crippen molar-refractivity contribution >= 4 is 11.6 Å². The summed E-state index contributed by atoms with van der Waals surface area (Å²) in [6.45, 7) is 15.6. The third-order valence-corrected chi connectivity index (χ3v) is 6.02. The molecule has 0 saturated carbocycles. The molecule has 1 N–H and O–H groups in total. The van der Waals surface area contributed by atoms with Gasteiger partial charge in [0.05, 0.1) is 0 Å². The second-order valence-corrected chi connectivity index (χ2v) is 9.81. The van der Waals surface area contributed by atoms with Crippen LogP contribution in [0.3, 0.4) is 0 Å². The number of nitrogens with zero attached hydrogens (tertiary/aromatic N) is 4. The highest BCUT2D eigenvalue weighted by Crippen LogP contribution is 2.30. The van der Waals surface area contributed by atoms with Crippen molar-refractivity contribution in [3.63, 3.8) is 0 Å². The highest BCUT2D eigenvalue weighted by Gasteiger charge is 2.25. The Morgan fingerprint density at radius 3 is 2.76 bits per heavy atom. The van der Waals surface area contributed by atoms with E-state index in [4.69, 9.17) is 21.2 Å². The van der Waals surface area contributed by atoms with Crippen LogP contribution in [0.4, 0.5) is 0 Å². The first-order valence-electron chi connectivity index (χ1n) is 10.9. The van der Waals surface area contributed by atoms with Crippen LogP contribution in [0.25, 0.3) is 11.4 Å². The van der Waals surface area contributed by atoms with Crippen LogP contribution < -0.4 is 5.32 Å². The molecule has 1 aliphatic heterocycles. The SMILES string of the molecule is CCn1nc(-c2cc(C)on2)c(CN2CCCCC(NCCC(C)(C)C)C2)c1Cl. The minimum absolute atomic E-state index is 0.365. The van der Waals surface area contributed by atoms with Gasteiger partial charge in [0.15, 0.2) is 0 Å². The maximum atomic E-state index is 6.72. The Bertz CT molecular complexity index is 792. The Morgan fingerprint density at radius 2 is 2.10 bits per heavy atom. The molecule has 1 fully saturated rings. The molecule has 1 unspecified atom stereocenters. The topological polar surface area (TPSA) is 59.1 Å². The zero-order valence-electron chi connectivity index (χ0n) is 18.6. The fourth-order valence-electron chi connectivity index (χ4n) is 3.92. The van der Waals surface area contributed by atoms with Crippen LogP contribution in [-0.2, 0) is 13.1 Å². The molecule has 1 aliphatic rings. The van der Waals surface area contributed by atoms with Gasteiger partial charge in [0.25, 0.3) is 0 Å². The van der Waals surface area contributed by atoms with Crippen molar-refractivity contribution in [1.82, 2.24) is 25.2 Å². The molecule has 1 atom stereocenters. The number of halogens is 1. The minimum Gasteiger partial charge on any atom is -0.361 e. The Labute approximate surface area is 180 Å². The van der Waals surface area contributed by atoms with Gasteiger partial charge in [0.2, 0.25) is 0 Å². The smallest absolute Gasteiger partial charge is 0.134 e. The van der Waals surface area contributed by atoms with E-state index in [1.807, 2.05) is 17.7 Å². The van der Waals surface area contributed by atoms with Crippen LogP contribution in [0, 0.1) is 12.3 Å². The summed E-state index contributed by atoms with van der Waals surface area (Å²) < 4.78 is 7.14. The molecule has 0 amide bonds. The van der Waals surface area contributed by atoms with Gasteiger partial charge in [0.1, 0.15) is 22.3 Å². The molecule has 1 saturated heterocycles. The third kappa shape index (κ3) is 6.06. The summed E-state index contributed by atoms with van der Waals surface area (Å²) in [5.41, 5.74) is 3.03. The van der Waals surface area contributed by atoms with E-state index in [1.54, 1.807) is 0 Å². The lowest BCUT2D eigenvalue weighted by molar-refractivity contribution is 0.246. The lowest BCUT2D eigenvalue weighted by Crippen LogP contribution is -2.40. The second kappa shape index (κ2) is 9.63. The Morgan fingerprint density at radius 1 is 1.31 bits per heavy atom. The first-order valence-corrected chi connectivity index (χ1v) is 11.3. The number of likely N-dealkylation sites (tertiary alicyclic amines) is 1. The zero-order chi connectivity index (χ0) is 21.0. The molecule has 0 spiro atoms. The summed E-state index contributed by atoms with van der Waals surface area (Å²) in [6, 6.07) is 2.46. The summed E-state index contributed by atoms with van der Waals surface area (Å²) in [5.74, 6) is 0.783. The zero-order valence-corrected chi connectivity index (χ0v) is 19.3. The Kier molecular flexibility index (Phi) is 7.41. The highest BCUT2D eigenvalue weighted by molar-refractivity contribution is 6.30. The largest absolute Gasteiger partial charge is 0.361 e. The molecule has 0 aliphatic carbocycles. The average molecular weight is 422 g/mol. The monoisotopic (exact) mass is 421 g/mol. The van der Waals surface area contributed by atoms with E-state index < -0.39 is 0 Å².